The highest BCUT2D eigenvalue weighted by molar-refractivity contribution is 6.29. The second-order valence-corrected chi connectivity index (χ2v) is 7.77. The molecule has 120 valence electrons. The van der Waals surface area contributed by atoms with E-state index in [-0.39, 0.29) is 5.41 Å². The van der Waals surface area contributed by atoms with Crippen molar-refractivity contribution in [2.24, 2.45) is 5.92 Å². The molecule has 0 bridgehead atoms. The van der Waals surface area contributed by atoms with Gasteiger partial charge in [-0.3, -0.25) is 0 Å². The number of aromatic nitrogens is 2. The highest BCUT2D eigenvalue weighted by Gasteiger charge is 2.20. The van der Waals surface area contributed by atoms with Gasteiger partial charge in [-0.25, -0.2) is 9.97 Å². The molecule has 0 aliphatic heterocycles. The molecule has 1 atom stereocenters. The van der Waals surface area contributed by atoms with Gasteiger partial charge in [-0.1, -0.05) is 46.2 Å². The fourth-order valence-corrected chi connectivity index (χ4v) is 2.41. The Balaban J connectivity index is 2.95. The summed E-state index contributed by atoms with van der Waals surface area (Å²) in [5, 5.41) is 4.01. The normalized spacial score (nSPS) is 13.8. The topological polar surface area (TPSA) is 41.0 Å². The average molecular weight is 313 g/mol. The van der Waals surface area contributed by atoms with Gasteiger partial charge in [-0.05, 0) is 26.4 Å². The Labute approximate surface area is 134 Å². The zero-order chi connectivity index (χ0) is 16.2. The maximum atomic E-state index is 6.15. The molecule has 1 aromatic heterocycles. The van der Waals surface area contributed by atoms with E-state index in [2.05, 4.69) is 68.9 Å². The molecule has 1 rings (SSSR count). The third-order valence-corrected chi connectivity index (χ3v) is 3.25. The van der Waals surface area contributed by atoms with Gasteiger partial charge in [0.05, 0.1) is 0 Å². The fraction of sp³-hybridized carbons (Fsp3) is 0.750. The molecule has 0 aliphatic carbocycles. The molecule has 0 amide bonds. The first-order chi connectivity index (χ1) is 9.57. The Morgan fingerprint density at radius 1 is 1.24 bits per heavy atom. The van der Waals surface area contributed by atoms with Crippen LogP contribution in [0, 0.1) is 5.92 Å². The van der Waals surface area contributed by atoms with Gasteiger partial charge in [0.2, 0.25) is 0 Å². The standard InChI is InChI=1S/C16H29ClN4/c1-11(2)8-12(10-21(6)7)18-14-9-13(17)19-15(20-14)16(3,4)5/h9,11-12H,8,10H2,1-7H3,(H,18,19,20). The minimum absolute atomic E-state index is 0.115. The van der Waals surface area contributed by atoms with Gasteiger partial charge in [0.25, 0.3) is 0 Å². The SMILES string of the molecule is CC(C)CC(CN(C)C)Nc1cc(Cl)nc(C(C)(C)C)n1. The summed E-state index contributed by atoms with van der Waals surface area (Å²) in [6.45, 7) is 11.7. The van der Waals surface area contributed by atoms with E-state index in [4.69, 9.17) is 11.6 Å². The number of rotatable bonds is 6. The maximum absolute atomic E-state index is 6.15. The van der Waals surface area contributed by atoms with Crippen molar-refractivity contribution in [2.45, 2.75) is 52.5 Å². The quantitative estimate of drug-likeness (QED) is 0.811. The Morgan fingerprint density at radius 3 is 2.33 bits per heavy atom. The molecule has 5 heteroatoms. The van der Waals surface area contributed by atoms with Crippen LogP contribution in [0.1, 0.15) is 46.9 Å². The molecule has 0 aliphatic rings. The molecular weight excluding hydrogens is 284 g/mol. The summed E-state index contributed by atoms with van der Waals surface area (Å²) >= 11 is 6.15. The molecule has 0 radical (unpaired) electrons. The number of hydrogen-bond acceptors (Lipinski definition) is 4. The number of nitrogens with one attached hydrogen (secondary N) is 1. The van der Waals surface area contributed by atoms with Crippen LogP contribution in [0.3, 0.4) is 0 Å². The molecular formula is C16H29ClN4. The summed E-state index contributed by atoms with van der Waals surface area (Å²) in [6, 6.07) is 2.15. The largest absolute Gasteiger partial charge is 0.366 e. The Hall–Kier alpha value is -0.870. The first-order valence-electron chi connectivity index (χ1n) is 7.54. The van der Waals surface area contributed by atoms with Crippen LogP contribution in [0.15, 0.2) is 6.07 Å². The Bertz CT molecular complexity index is 442. The summed E-state index contributed by atoms with van der Waals surface area (Å²) in [7, 11) is 4.17. The van der Waals surface area contributed by atoms with Crippen molar-refractivity contribution in [3.8, 4) is 0 Å². The zero-order valence-electron chi connectivity index (χ0n) is 14.4. The van der Waals surface area contributed by atoms with Gasteiger partial charge in [-0.2, -0.15) is 0 Å². The van der Waals surface area contributed by atoms with E-state index in [1.807, 2.05) is 0 Å². The predicted molar refractivity (Wildman–Crippen MR) is 91.2 cm³/mol. The van der Waals surface area contributed by atoms with E-state index < -0.39 is 0 Å². The van der Waals surface area contributed by atoms with Crippen LogP contribution in [-0.4, -0.2) is 41.5 Å². The van der Waals surface area contributed by atoms with Crippen LogP contribution in [0.2, 0.25) is 5.15 Å². The summed E-state index contributed by atoms with van der Waals surface area (Å²) in [4.78, 5) is 11.2. The molecule has 1 N–H and O–H groups in total. The molecule has 1 heterocycles. The van der Waals surface area contributed by atoms with Crippen LogP contribution in [-0.2, 0) is 5.41 Å². The monoisotopic (exact) mass is 312 g/mol. The van der Waals surface area contributed by atoms with E-state index in [1.165, 1.54) is 0 Å². The summed E-state index contributed by atoms with van der Waals surface area (Å²) in [5.41, 5.74) is -0.115. The number of anilines is 1. The van der Waals surface area contributed by atoms with E-state index in [0.29, 0.717) is 17.1 Å². The van der Waals surface area contributed by atoms with Crippen molar-refractivity contribution < 1.29 is 0 Å². The highest BCUT2D eigenvalue weighted by atomic mass is 35.5. The van der Waals surface area contributed by atoms with Crippen LogP contribution in [0.5, 0.6) is 0 Å². The van der Waals surface area contributed by atoms with Gasteiger partial charge in [0.1, 0.15) is 16.8 Å². The molecule has 0 saturated carbocycles. The third kappa shape index (κ3) is 6.62. The lowest BCUT2D eigenvalue weighted by atomic mass is 9.96. The van der Waals surface area contributed by atoms with Crippen molar-refractivity contribution >= 4 is 17.4 Å². The van der Waals surface area contributed by atoms with Crippen LogP contribution >= 0.6 is 11.6 Å². The van der Waals surface area contributed by atoms with Gasteiger partial charge in [0, 0.05) is 24.1 Å². The number of halogens is 1. The van der Waals surface area contributed by atoms with Crippen molar-refractivity contribution in [1.29, 1.82) is 0 Å². The molecule has 21 heavy (non-hydrogen) atoms. The second-order valence-electron chi connectivity index (χ2n) is 7.38. The molecule has 1 unspecified atom stereocenters. The second kappa shape index (κ2) is 7.41. The maximum Gasteiger partial charge on any atom is 0.137 e. The van der Waals surface area contributed by atoms with Crippen molar-refractivity contribution in [2.75, 3.05) is 26.0 Å². The smallest absolute Gasteiger partial charge is 0.137 e. The van der Waals surface area contributed by atoms with Crippen molar-refractivity contribution in [3.05, 3.63) is 17.0 Å². The number of nitrogens with zero attached hydrogens (tertiary/aromatic N) is 3. The molecule has 0 fully saturated rings. The van der Waals surface area contributed by atoms with Gasteiger partial charge >= 0.3 is 0 Å². The van der Waals surface area contributed by atoms with E-state index >= 15 is 0 Å². The molecule has 0 spiro atoms. The predicted octanol–water partition coefficient (Wildman–Crippen LogP) is 3.82. The van der Waals surface area contributed by atoms with Gasteiger partial charge < -0.3 is 10.2 Å². The molecule has 0 aromatic carbocycles. The lowest BCUT2D eigenvalue weighted by molar-refractivity contribution is 0.356. The minimum Gasteiger partial charge on any atom is -0.366 e. The zero-order valence-corrected chi connectivity index (χ0v) is 15.1. The number of hydrogen-bond donors (Lipinski definition) is 1. The van der Waals surface area contributed by atoms with Crippen LogP contribution in [0.4, 0.5) is 5.82 Å². The van der Waals surface area contributed by atoms with Crippen LogP contribution in [0.25, 0.3) is 0 Å². The van der Waals surface area contributed by atoms with E-state index in [0.717, 1.165) is 24.6 Å². The molecule has 1 aromatic rings. The molecule has 4 nitrogen and oxygen atoms in total. The number of likely N-dealkylation sites (N-methyl/N-ethyl adjacent to an activating group) is 1. The summed E-state index contributed by atoms with van der Waals surface area (Å²) < 4.78 is 0. The lowest BCUT2D eigenvalue weighted by Crippen LogP contribution is -2.34. The average Bonchev–Trinajstić information content (AvgIpc) is 2.24. The lowest BCUT2D eigenvalue weighted by Gasteiger charge is -2.25. The van der Waals surface area contributed by atoms with Crippen molar-refractivity contribution in [1.82, 2.24) is 14.9 Å². The van der Waals surface area contributed by atoms with Gasteiger partial charge in [-0.15, -0.1) is 0 Å². The van der Waals surface area contributed by atoms with E-state index in [1.54, 1.807) is 6.07 Å². The highest BCUT2D eigenvalue weighted by Crippen LogP contribution is 2.23. The van der Waals surface area contributed by atoms with Crippen LogP contribution < -0.4 is 5.32 Å². The Kier molecular flexibility index (Phi) is 6.41. The van der Waals surface area contributed by atoms with E-state index in [9.17, 15) is 0 Å². The minimum atomic E-state index is -0.115. The fourth-order valence-electron chi connectivity index (χ4n) is 2.23. The first-order valence-corrected chi connectivity index (χ1v) is 7.92. The third-order valence-electron chi connectivity index (χ3n) is 3.06. The summed E-state index contributed by atoms with van der Waals surface area (Å²) in [5.74, 6) is 2.21. The van der Waals surface area contributed by atoms with Gasteiger partial charge in [0.15, 0.2) is 0 Å². The molecule has 0 saturated heterocycles. The Morgan fingerprint density at radius 2 is 1.86 bits per heavy atom. The van der Waals surface area contributed by atoms with Crippen molar-refractivity contribution in [3.63, 3.8) is 0 Å². The first kappa shape index (κ1) is 18.2. The summed E-state index contributed by atoms with van der Waals surface area (Å²) in [6.07, 6.45) is 1.09.